The molecule has 2 aliphatic heterocycles. The Hall–Kier alpha value is -2.49. The van der Waals surface area contributed by atoms with Gasteiger partial charge in [0.05, 0.1) is 18.7 Å². The molecule has 2 saturated heterocycles. The highest BCUT2D eigenvalue weighted by Crippen LogP contribution is 2.24. The number of piperazine rings is 1. The first-order chi connectivity index (χ1) is 15.0. The van der Waals surface area contributed by atoms with Crippen molar-refractivity contribution < 1.29 is 22.7 Å². The molecule has 2 heterocycles. The van der Waals surface area contributed by atoms with E-state index in [1.54, 1.807) is 0 Å². The number of guanidine groups is 1. The highest BCUT2D eigenvalue weighted by Gasteiger charge is 2.24. The zero-order valence-corrected chi connectivity index (χ0v) is 17.8. The van der Waals surface area contributed by atoms with Gasteiger partial charge in [0.15, 0.2) is 5.96 Å². The zero-order chi connectivity index (χ0) is 22.2. The summed E-state index contributed by atoms with van der Waals surface area (Å²) in [4.78, 5) is 22.9. The maximum absolute atomic E-state index is 14.2. The number of rotatable bonds is 7. The van der Waals surface area contributed by atoms with Crippen molar-refractivity contribution in [2.45, 2.75) is 32.9 Å². The molecule has 10 heteroatoms. The van der Waals surface area contributed by atoms with Crippen molar-refractivity contribution in [1.29, 1.82) is 0 Å². The van der Waals surface area contributed by atoms with Gasteiger partial charge in [-0.1, -0.05) is 6.07 Å². The molecule has 1 aromatic rings. The molecule has 0 saturated carbocycles. The lowest BCUT2D eigenvalue weighted by molar-refractivity contribution is -0.131. The van der Waals surface area contributed by atoms with Gasteiger partial charge < -0.3 is 19.9 Å². The van der Waals surface area contributed by atoms with Gasteiger partial charge in [0.2, 0.25) is 5.91 Å². The maximum Gasteiger partial charge on any atom is 0.387 e. The predicted octanol–water partition coefficient (Wildman–Crippen LogP) is 2.13. The number of carbonyl (C=O) groups excluding carboxylic acids is 1. The van der Waals surface area contributed by atoms with E-state index in [0.29, 0.717) is 45.2 Å². The van der Waals surface area contributed by atoms with E-state index >= 15 is 0 Å². The van der Waals surface area contributed by atoms with Crippen LogP contribution >= 0.6 is 0 Å². The van der Waals surface area contributed by atoms with Crippen LogP contribution in [0.2, 0.25) is 0 Å². The predicted molar refractivity (Wildman–Crippen MR) is 112 cm³/mol. The van der Waals surface area contributed by atoms with Crippen LogP contribution in [0.1, 0.15) is 25.3 Å². The Morgan fingerprint density at radius 2 is 1.84 bits per heavy atom. The Morgan fingerprint density at radius 3 is 2.48 bits per heavy atom. The number of hydrogen-bond donors (Lipinski definition) is 1. The average molecular weight is 441 g/mol. The van der Waals surface area contributed by atoms with Crippen molar-refractivity contribution in [3.63, 3.8) is 0 Å². The molecular formula is C21H30F3N5O2. The lowest BCUT2D eigenvalue weighted by Crippen LogP contribution is -2.54. The van der Waals surface area contributed by atoms with Gasteiger partial charge in [-0.15, -0.1) is 0 Å². The summed E-state index contributed by atoms with van der Waals surface area (Å²) in [6, 6.07) is 3.84. The minimum Gasteiger partial charge on any atom is -0.434 e. The highest BCUT2D eigenvalue weighted by molar-refractivity contribution is 5.80. The number of nitrogens with zero attached hydrogens (tertiary/aromatic N) is 4. The third-order valence-corrected chi connectivity index (χ3v) is 5.50. The molecule has 1 N–H and O–H groups in total. The second-order valence-corrected chi connectivity index (χ2v) is 7.62. The van der Waals surface area contributed by atoms with E-state index < -0.39 is 12.4 Å². The van der Waals surface area contributed by atoms with E-state index in [9.17, 15) is 18.0 Å². The third-order valence-electron chi connectivity index (χ3n) is 5.50. The van der Waals surface area contributed by atoms with Crippen LogP contribution < -0.4 is 10.1 Å². The number of aliphatic imine (C=N–C) groups is 1. The van der Waals surface area contributed by atoms with Crippen LogP contribution in [0.15, 0.2) is 23.2 Å². The van der Waals surface area contributed by atoms with Crippen molar-refractivity contribution >= 4 is 11.9 Å². The molecule has 1 amide bonds. The highest BCUT2D eigenvalue weighted by atomic mass is 19.3. The fraction of sp³-hybridized carbons (Fsp3) is 0.619. The molecule has 0 unspecified atom stereocenters. The molecular weight excluding hydrogens is 411 g/mol. The van der Waals surface area contributed by atoms with Crippen LogP contribution in [0.5, 0.6) is 5.75 Å². The van der Waals surface area contributed by atoms with E-state index in [1.807, 2.05) is 16.7 Å². The Bertz CT molecular complexity index is 763. The molecule has 0 bridgehead atoms. The smallest absolute Gasteiger partial charge is 0.387 e. The van der Waals surface area contributed by atoms with Crippen LogP contribution in [-0.2, 0) is 11.3 Å². The van der Waals surface area contributed by atoms with Gasteiger partial charge in [0.25, 0.3) is 0 Å². The van der Waals surface area contributed by atoms with Crippen molar-refractivity contribution in [2.75, 3.05) is 52.4 Å². The summed E-state index contributed by atoms with van der Waals surface area (Å²) < 4.78 is 43.9. The number of ether oxygens (including phenoxy) is 1. The Labute approximate surface area is 180 Å². The largest absolute Gasteiger partial charge is 0.434 e. The van der Waals surface area contributed by atoms with Gasteiger partial charge in [-0.3, -0.25) is 9.69 Å². The first-order valence-electron chi connectivity index (χ1n) is 10.7. The quantitative estimate of drug-likeness (QED) is 0.519. The van der Waals surface area contributed by atoms with Crippen LogP contribution in [0.4, 0.5) is 13.2 Å². The summed E-state index contributed by atoms with van der Waals surface area (Å²) in [5, 5.41) is 3.17. The van der Waals surface area contributed by atoms with Gasteiger partial charge in [0, 0.05) is 45.8 Å². The minimum absolute atomic E-state index is 0.00644. The summed E-state index contributed by atoms with van der Waals surface area (Å²) >= 11 is 0. The van der Waals surface area contributed by atoms with Crippen LogP contribution in [0.25, 0.3) is 0 Å². The first kappa shape index (κ1) is 23.2. The van der Waals surface area contributed by atoms with Crippen molar-refractivity contribution in [3.05, 3.63) is 29.6 Å². The monoisotopic (exact) mass is 441 g/mol. The van der Waals surface area contributed by atoms with E-state index in [2.05, 4.69) is 19.9 Å². The fourth-order valence-corrected chi connectivity index (χ4v) is 3.85. The fourth-order valence-electron chi connectivity index (χ4n) is 3.85. The number of likely N-dealkylation sites (tertiary alicyclic amines) is 1. The second kappa shape index (κ2) is 11.2. The van der Waals surface area contributed by atoms with Gasteiger partial charge in [-0.2, -0.15) is 8.78 Å². The van der Waals surface area contributed by atoms with Crippen LogP contribution in [-0.4, -0.2) is 85.5 Å². The number of halogens is 3. The normalized spacial score (nSPS) is 18.0. The molecule has 0 radical (unpaired) electrons. The summed E-state index contributed by atoms with van der Waals surface area (Å²) in [6.45, 7) is 4.26. The molecule has 172 valence electrons. The first-order valence-corrected chi connectivity index (χ1v) is 10.7. The number of amides is 1. The van der Waals surface area contributed by atoms with Gasteiger partial charge in [0.1, 0.15) is 11.6 Å². The zero-order valence-electron chi connectivity index (χ0n) is 17.8. The SMILES string of the molecule is CCNC(=NCc1c(F)cccc1OC(F)F)N1CCN(CC(=O)N2CCCC2)CC1. The Balaban J connectivity index is 1.60. The van der Waals surface area contributed by atoms with Crippen molar-refractivity contribution in [1.82, 2.24) is 20.0 Å². The average Bonchev–Trinajstić information content (AvgIpc) is 3.28. The van der Waals surface area contributed by atoms with Crippen molar-refractivity contribution in [3.8, 4) is 5.75 Å². The summed E-state index contributed by atoms with van der Waals surface area (Å²) in [5.41, 5.74) is -0.00644. The lowest BCUT2D eigenvalue weighted by Gasteiger charge is -2.36. The number of carbonyl (C=O) groups is 1. The van der Waals surface area contributed by atoms with Crippen LogP contribution in [0.3, 0.4) is 0 Å². The van der Waals surface area contributed by atoms with E-state index in [1.165, 1.54) is 18.2 Å². The Kier molecular flexibility index (Phi) is 8.39. The molecule has 0 atom stereocenters. The number of nitrogens with one attached hydrogen (secondary N) is 1. The molecule has 31 heavy (non-hydrogen) atoms. The van der Waals surface area contributed by atoms with E-state index in [4.69, 9.17) is 0 Å². The molecule has 3 rings (SSSR count). The molecule has 0 spiro atoms. The lowest BCUT2D eigenvalue weighted by atomic mass is 10.2. The molecule has 7 nitrogen and oxygen atoms in total. The molecule has 0 aliphatic carbocycles. The molecule has 0 aromatic heterocycles. The molecule has 2 fully saturated rings. The van der Waals surface area contributed by atoms with E-state index in [-0.39, 0.29) is 23.8 Å². The molecule has 2 aliphatic rings. The second-order valence-electron chi connectivity index (χ2n) is 7.62. The van der Waals surface area contributed by atoms with E-state index in [0.717, 1.165) is 25.9 Å². The topological polar surface area (TPSA) is 60.4 Å². The van der Waals surface area contributed by atoms with Gasteiger partial charge in [-0.25, -0.2) is 9.38 Å². The summed E-state index contributed by atoms with van der Waals surface area (Å²) in [6.07, 6.45) is 2.15. The third kappa shape index (κ3) is 6.49. The molecule has 1 aromatic carbocycles. The Morgan fingerprint density at radius 1 is 1.13 bits per heavy atom. The number of alkyl halides is 2. The maximum atomic E-state index is 14.2. The standard InChI is InChI=1S/C21H30F3N5O2/c1-2-25-21(26-14-16-17(22)6-5-7-18(16)31-20(23)24)29-12-10-27(11-13-29)15-19(30)28-8-3-4-9-28/h5-7,20H,2-4,8-15H2,1H3,(H,25,26). The minimum atomic E-state index is -3.03. The number of hydrogen-bond acceptors (Lipinski definition) is 4. The summed E-state index contributed by atoms with van der Waals surface area (Å²) in [7, 11) is 0. The number of benzene rings is 1. The van der Waals surface area contributed by atoms with Gasteiger partial charge in [-0.05, 0) is 31.9 Å². The van der Waals surface area contributed by atoms with Crippen LogP contribution in [0, 0.1) is 5.82 Å². The summed E-state index contributed by atoms with van der Waals surface area (Å²) in [5.74, 6) is -0.0836. The van der Waals surface area contributed by atoms with Gasteiger partial charge >= 0.3 is 6.61 Å². The van der Waals surface area contributed by atoms with Crippen molar-refractivity contribution in [2.24, 2.45) is 4.99 Å².